The van der Waals surface area contributed by atoms with Gasteiger partial charge < -0.3 is 0 Å². The first-order chi connectivity index (χ1) is 12.4. The average Bonchev–Trinajstić information content (AvgIpc) is 2.65. The normalized spacial score (nSPS) is 12.8. The molecule has 2 aromatic carbocycles. The lowest BCUT2D eigenvalue weighted by molar-refractivity contribution is -0.113. The molecule has 0 fully saturated rings. The maximum atomic E-state index is 12.7. The molecule has 6 heteroatoms. The first-order valence-electron chi connectivity index (χ1n) is 7.80. The van der Waals surface area contributed by atoms with E-state index in [1.807, 2.05) is 6.07 Å². The van der Waals surface area contributed by atoms with E-state index < -0.39 is 16.1 Å². The highest BCUT2D eigenvalue weighted by Crippen LogP contribution is 2.26. The zero-order valence-corrected chi connectivity index (χ0v) is 15.0. The lowest BCUT2D eigenvalue weighted by Gasteiger charge is -2.21. The Morgan fingerprint density at radius 3 is 2.27 bits per heavy atom. The van der Waals surface area contributed by atoms with Crippen LogP contribution < -0.4 is 4.72 Å². The largest absolute Gasteiger partial charge is 0.295 e. The third kappa shape index (κ3) is 4.54. The van der Waals surface area contributed by atoms with Crippen molar-refractivity contribution in [2.45, 2.75) is 17.9 Å². The number of nitriles is 1. The van der Waals surface area contributed by atoms with Crippen molar-refractivity contribution in [1.29, 1.82) is 5.26 Å². The van der Waals surface area contributed by atoms with E-state index in [4.69, 9.17) is 5.26 Å². The fraction of sp³-hybridized carbons (Fsp3) is 0.100. The summed E-state index contributed by atoms with van der Waals surface area (Å²) in [4.78, 5) is 12.2. The van der Waals surface area contributed by atoms with Gasteiger partial charge in [0.15, 0.2) is 5.78 Å². The topological polar surface area (TPSA) is 87.0 Å². The number of hydrogen-bond donors (Lipinski definition) is 1. The van der Waals surface area contributed by atoms with E-state index in [-0.39, 0.29) is 16.3 Å². The van der Waals surface area contributed by atoms with Crippen LogP contribution >= 0.6 is 0 Å². The van der Waals surface area contributed by atoms with E-state index in [1.165, 1.54) is 31.2 Å². The van der Waals surface area contributed by atoms with Crippen LogP contribution in [0.2, 0.25) is 0 Å². The highest BCUT2D eigenvalue weighted by atomic mass is 32.2. The molecule has 0 aliphatic rings. The van der Waals surface area contributed by atoms with E-state index in [2.05, 4.69) is 11.3 Å². The van der Waals surface area contributed by atoms with Crippen LogP contribution in [-0.4, -0.2) is 14.2 Å². The summed E-state index contributed by atoms with van der Waals surface area (Å²) in [5, 5.41) is 8.94. The van der Waals surface area contributed by atoms with E-state index in [0.717, 1.165) is 0 Å². The van der Waals surface area contributed by atoms with Crippen LogP contribution in [0.5, 0.6) is 0 Å². The molecule has 0 spiro atoms. The third-order valence-electron chi connectivity index (χ3n) is 3.71. The van der Waals surface area contributed by atoms with Crippen LogP contribution in [0.3, 0.4) is 0 Å². The molecule has 0 aromatic heterocycles. The lowest BCUT2D eigenvalue weighted by Crippen LogP contribution is -2.31. The summed E-state index contributed by atoms with van der Waals surface area (Å²) in [6.07, 6.45) is 2.92. The number of rotatable bonds is 7. The van der Waals surface area contributed by atoms with Gasteiger partial charge >= 0.3 is 0 Å². The Morgan fingerprint density at radius 2 is 1.77 bits per heavy atom. The highest BCUT2D eigenvalue weighted by molar-refractivity contribution is 7.89. The van der Waals surface area contributed by atoms with Crippen molar-refractivity contribution in [2.24, 2.45) is 0 Å². The van der Waals surface area contributed by atoms with Gasteiger partial charge in [-0.15, -0.1) is 0 Å². The van der Waals surface area contributed by atoms with Crippen molar-refractivity contribution in [1.82, 2.24) is 4.72 Å². The fourth-order valence-electron chi connectivity index (χ4n) is 2.43. The van der Waals surface area contributed by atoms with Gasteiger partial charge in [-0.05, 0) is 36.8 Å². The molecule has 0 aliphatic carbocycles. The zero-order chi connectivity index (χ0) is 19.2. The van der Waals surface area contributed by atoms with Crippen LogP contribution in [0, 0.1) is 11.3 Å². The molecular weight excluding hydrogens is 348 g/mol. The summed E-state index contributed by atoms with van der Waals surface area (Å²) >= 11 is 0. The van der Waals surface area contributed by atoms with Crippen LogP contribution in [0.15, 0.2) is 83.8 Å². The number of nitrogens with one attached hydrogen (secondary N) is 1. The Bertz CT molecular complexity index is 970. The van der Waals surface area contributed by atoms with Crippen LogP contribution in [-0.2, 0) is 14.8 Å². The second-order valence-electron chi connectivity index (χ2n) is 5.52. The fourth-order valence-corrected chi connectivity index (χ4v) is 3.65. The standard InChI is InChI=1S/C20H18N2O3S/c1-3-7-19(15(2)23)20(17-12-10-16(14-21)11-13-17)22-26(24,25)18-8-5-4-6-9-18/h3-13,20,22H,1H2,2H3/b19-7-. The minimum atomic E-state index is -3.86. The van der Waals surface area contributed by atoms with Gasteiger partial charge in [-0.1, -0.05) is 49.1 Å². The molecule has 0 bridgehead atoms. The SMILES string of the molecule is C=C/C=C(/C(C)=O)C(NS(=O)(=O)c1ccccc1)c1ccc(C#N)cc1. The Hall–Kier alpha value is -3.01. The molecule has 0 saturated heterocycles. The molecule has 132 valence electrons. The number of allylic oxidation sites excluding steroid dienone is 2. The molecule has 5 nitrogen and oxygen atoms in total. The molecule has 0 amide bonds. The molecule has 2 aromatic rings. The Kier molecular flexibility index (Phi) is 6.23. The second-order valence-corrected chi connectivity index (χ2v) is 7.23. The van der Waals surface area contributed by atoms with E-state index in [1.54, 1.807) is 42.5 Å². The van der Waals surface area contributed by atoms with Gasteiger partial charge in [0.05, 0.1) is 22.6 Å². The number of hydrogen-bond acceptors (Lipinski definition) is 4. The predicted molar refractivity (Wildman–Crippen MR) is 99.6 cm³/mol. The van der Waals surface area contributed by atoms with Crippen molar-refractivity contribution < 1.29 is 13.2 Å². The number of nitrogens with zero attached hydrogens (tertiary/aromatic N) is 1. The van der Waals surface area contributed by atoms with Crippen molar-refractivity contribution in [3.05, 3.63) is 90.0 Å². The minimum Gasteiger partial charge on any atom is -0.295 e. The van der Waals surface area contributed by atoms with Crippen molar-refractivity contribution >= 4 is 15.8 Å². The zero-order valence-electron chi connectivity index (χ0n) is 14.2. The molecule has 1 unspecified atom stereocenters. The van der Waals surface area contributed by atoms with E-state index >= 15 is 0 Å². The van der Waals surface area contributed by atoms with Gasteiger partial charge in [0.25, 0.3) is 0 Å². The van der Waals surface area contributed by atoms with Gasteiger partial charge in [0.1, 0.15) is 0 Å². The highest BCUT2D eigenvalue weighted by Gasteiger charge is 2.26. The minimum absolute atomic E-state index is 0.0974. The maximum Gasteiger partial charge on any atom is 0.241 e. The van der Waals surface area contributed by atoms with E-state index in [9.17, 15) is 13.2 Å². The number of Topliss-reactive ketones (excluding diaryl/α,β-unsaturated/α-hetero) is 1. The van der Waals surface area contributed by atoms with Crippen LogP contribution in [0.4, 0.5) is 0 Å². The number of benzene rings is 2. The summed E-state index contributed by atoms with van der Waals surface area (Å²) in [6.45, 7) is 4.96. The molecule has 0 heterocycles. The summed E-state index contributed by atoms with van der Waals surface area (Å²) in [5.41, 5.74) is 1.24. The van der Waals surface area contributed by atoms with E-state index in [0.29, 0.717) is 11.1 Å². The summed E-state index contributed by atoms with van der Waals surface area (Å²) in [5.74, 6) is -0.282. The molecule has 0 radical (unpaired) electrons. The molecular formula is C20H18N2O3S. The molecule has 26 heavy (non-hydrogen) atoms. The van der Waals surface area contributed by atoms with Gasteiger partial charge in [-0.3, -0.25) is 4.79 Å². The monoisotopic (exact) mass is 366 g/mol. The Labute approximate surface area is 153 Å². The summed E-state index contributed by atoms with van der Waals surface area (Å²) in [7, 11) is -3.86. The molecule has 0 saturated carbocycles. The number of carbonyl (C=O) groups excluding carboxylic acids is 1. The van der Waals surface area contributed by atoms with Crippen molar-refractivity contribution in [3.8, 4) is 6.07 Å². The Morgan fingerprint density at radius 1 is 1.15 bits per heavy atom. The smallest absolute Gasteiger partial charge is 0.241 e. The van der Waals surface area contributed by atoms with Crippen LogP contribution in [0.25, 0.3) is 0 Å². The third-order valence-corrected chi connectivity index (χ3v) is 5.15. The first-order valence-corrected chi connectivity index (χ1v) is 9.28. The Balaban J connectivity index is 2.53. The predicted octanol–water partition coefficient (Wildman–Crippen LogP) is 3.28. The number of ketones is 1. The first kappa shape index (κ1) is 19.3. The van der Waals surface area contributed by atoms with Gasteiger partial charge in [-0.2, -0.15) is 9.98 Å². The summed E-state index contributed by atoms with van der Waals surface area (Å²) < 4.78 is 28.1. The van der Waals surface area contributed by atoms with Gasteiger partial charge in [0.2, 0.25) is 10.0 Å². The molecule has 2 rings (SSSR count). The van der Waals surface area contributed by atoms with Crippen molar-refractivity contribution in [2.75, 3.05) is 0 Å². The van der Waals surface area contributed by atoms with Gasteiger partial charge in [0, 0.05) is 5.57 Å². The van der Waals surface area contributed by atoms with Gasteiger partial charge in [-0.25, -0.2) is 8.42 Å². The quantitative estimate of drug-likeness (QED) is 0.602. The number of sulfonamides is 1. The second kappa shape index (κ2) is 8.39. The lowest BCUT2D eigenvalue weighted by atomic mass is 9.96. The summed E-state index contributed by atoms with van der Waals surface area (Å²) in [6, 6.07) is 15.4. The molecule has 1 N–H and O–H groups in total. The molecule has 0 aliphatic heterocycles. The average molecular weight is 366 g/mol. The molecule has 1 atom stereocenters. The maximum absolute atomic E-state index is 12.7. The number of carbonyl (C=O) groups is 1. The van der Waals surface area contributed by atoms with Crippen molar-refractivity contribution in [3.63, 3.8) is 0 Å². The van der Waals surface area contributed by atoms with Crippen LogP contribution in [0.1, 0.15) is 24.1 Å².